The highest BCUT2D eigenvalue weighted by atomic mass is 35.5. The van der Waals surface area contributed by atoms with Crippen molar-refractivity contribution in [1.82, 2.24) is 14.7 Å². The summed E-state index contributed by atoms with van der Waals surface area (Å²) in [6, 6.07) is 12.9. The lowest BCUT2D eigenvalue weighted by Gasteiger charge is -2.37. The van der Waals surface area contributed by atoms with E-state index in [2.05, 4.69) is 36.0 Å². The van der Waals surface area contributed by atoms with E-state index in [9.17, 15) is 9.59 Å². The van der Waals surface area contributed by atoms with E-state index in [1.54, 1.807) is 19.2 Å². The summed E-state index contributed by atoms with van der Waals surface area (Å²) in [4.78, 5) is 33.2. The van der Waals surface area contributed by atoms with E-state index >= 15 is 0 Å². The highest BCUT2D eigenvalue weighted by Gasteiger charge is 2.40. The van der Waals surface area contributed by atoms with Crippen LogP contribution in [0.5, 0.6) is 5.75 Å². The second-order valence-electron chi connectivity index (χ2n) is 10.6. The van der Waals surface area contributed by atoms with Gasteiger partial charge in [0, 0.05) is 50.7 Å². The van der Waals surface area contributed by atoms with Gasteiger partial charge in [0.2, 0.25) is 0 Å². The minimum absolute atomic E-state index is 0.0135. The third-order valence-electron chi connectivity index (χ3n) is 7.85. The third-order valence-corrected chi connectivity index (χ3v) is 8.14. The monoisotopic (exact) mass is 549 g/mol. The fourth-order valence-electron chi connectivity index (χ4n) is 5.50. The van der Waals surface area contributed by atoms with Gasteiger partial charge in [-0.1, -0.05) is 23.8 Å². The van der Waals surface area contributed by atoms with Gasteiger partial charge in [-0.25, -0.2) is 5.01 Å². The van der Waals surface area contributed by atoms with Crippen LogP contribution in [0.4, 0.5) is 5.69 Å². The number of ether oxygens (including phenoxy) is 1. The second kappa shape index (κ2) is 11.9. The van der Waals surface area contributed by atoms with Crippen molar-refractivity contribution in [2.24, 2.45) is 16.9 Å². The van der Waals surface area contributed by atoms with Crippen molar-refractivity contribution in [3.05, 3.63) is 70.8 Å². The van der Waals surface area contributed by atoms with Crippen LogP contribution in [0.1, 0.15) is 28.8 Å². The van der Waals surface area contributed by atoms with Crippen molar-refractivity contribution < 1.29 is 14.3 Å². The predicted octanol–water partition coefficient (Wildman–Crippen LogP) is 4.00. The largest absolute Gasteiger partial charge is 0.495 e. The average Bonchev–Trinajstić information content (AvgIpc) is 2.96. The molecule has 0 radical (unpaired) electrons. The number of hydrogen-bond acceptors (Lipinski definition) is 6. The smallest absolute Gasteiger partial charge is 0.253 e. The molecule has 8 nitrogen and oxygen atoms in total. The summed E-state index contributed by atoms with van der Waals surface area (Å²) in [5, 5.41) is 6.85. The number of nitrogens with zero attached hydrogens (tertiary/aromatic N) is 5. The van der Waals surface area contributed by atoms with Crippen LogP contribution in [0.15, 0.2) is 59.7 Å². The molecule has 1 fully saturated rings. The fourth-order valence-corrected chi connectivity index (χ4v) is 5.76. The zero-order chi connectivity index (χ0) is 27.5. The molecule has 0 bridgehead atoms. The minimum Gasteiger partial charge on any atom is -0.495 e. The van der Waals surface area contributed by atoms with Crippen molar-refractivity contribution in [2.75, 3.05) is 65.5 Å². The molecule has 39 heavy (non-hydrogen) atoms. The maximum Gasteiger partial charge on any atom is 0.253 e. The lowest BCUT2D eigenvalue weighted by atomic mass is 9.76. The molecular weight excluding hydrogens is 514 g/mol. The van der Waals surface area contributed by atoms with Crippen LogP contribution < -0.4 is 9.75 Å². The van der Waals surface area contributed by atoms with Crippen LogP contribution in [0.3, 0.4) is 0 Å². The van der Waals surface area contributed by atoms with Gasteiger partial charge in [0.15, 0.2) is 0 Å². The quantitative estimate of drug-likeness (QED) is 0.488. The van der Waals surface area contributed by atoms with E-state index in [0.717, 1.165) is 43.9 Å². The van der Waals surface area contributed by atoms with E-state index in [0.29, 0.717) is 41.5 Å². The molecule has 0 unspecified atom stereocenters. The van der Waals surface area contributed by atoms with Gasteiger partial charge < -0.3 is 14.5 Å². The molecule has 0 spiro atoms. The zero-order valence-electron chi connectivity index (χ0n) is 22.8. The van der Waals surface area contributed by atoms with Gasteiger partial charge in [-0.3, -0.25) is 14.5 Å². The maximum absolute atomic E-state index is 13.6. The van der Waals surface area contributed by atoms with Gasteiger partial charge in [-0.2, -0.15) is 5.10 Å². The molecule has 1 aliphatic carbocycles. The molecule has 2 heterocycles. The lowest BCUT2D eigenvalue weighted by Crippen LogP contribution is -2.50. The van der Waals surface area contributed by atoms with Gasteiger partial charge in [-0.05, 0) is 75.0 Å². The Labute approximate surface area is 235 Å². The van der Waals surface area contributed by atoms with Crippen LogP contribution in [0.25, 0.3) is 0 Å². The molecule has 9 heteroatoms. The van der Waals surface area contributed by atoms with Gasteiger partial charge in [-0.15, -0.1) is 0 Å². The number of anilines is 1. The second-order valence-corrected chi connectivity index (χ2v) is 11.0. The van der Waals surface area contributed by atoms with Crippen LogP contribution in [0, 0.1) is 11.8 Å². The summed E-state index contributed by atoms with van der Waals surface area (Å²) in [7, 11) is 5.74. The number of fused-ring (bicyclic) bond motifs is 1. The molecule has 0 saturated carbocycles. The molecule has 2 aromatic carbocycles. The van der Waals surface area contributed by atoms with E-state index in [-0.39, 0.29) is 23.7 Å². The number of carbonyl (C=O) groups excluding carboxylic acids is 2. The van der Waals surface area contributed by atoms with E-state index in [1.807, 2.05) is 35.2 Å². The van der Waals surface area contributed by atoms with Crippen molar-refractivity contribution in [3.63, 3.8) is 0 Å². The number of amides is 2. The first-order valence-electron chi connectivity index (χ1n) is 13.5. The number of likely N-dealkylation sites (N-methyl/N-ethyl adjacent to an activating group) is 1. The van der Waals surface area contributed by atoms with Crippen molar-refractivity contribution in [3.8, 4) is 5.75 Å². The molecule has 206 valence electrons. The number of halogens is 1. The molecule has 0 N–H and O–H groups in total. The standard InChI is InChI=1S/C30H36ClN5O3/c1-33(2)14-15-34-16-18-35(19-17-34)29(37)21-8-11-23(12-9-21)36-30(38)25-7-5-4-6-24(25)28(32-36)22-10-13-27(39-3)26(31)20-22/h4-5,8-13,20,24-25H,6-7,14-19H2,1-3H3/t24-,25+/m1/s1. The summed E-state index contributed by atoms with van der Waals surface area (Å²) in [6.07, 6.45) is 5.61. The molecule has 1 saturated heterocycles. The highest BCUT2D eigenvalue weighted by Crippen LogP contribution is 2.37. The Morgan fingerprint density at radius 1 is 1.03 bits per heavy atom. The number of benzene rings is 2. The normalized spacial score (nSPS) is 21.7. The number of carbonyl (C=O) groups is 2. The first-order valence-corrected chi connectivity index (χ1v) is 13.9. The van der Waals surface area contributed by atoms with Crippen molar-refractivity contribution in [2.45, 2.75) is 12.8 Å². The van der Waals surface area contributed by atoms with Crippen LogP contribution in [-0.2, 0) is 4.79 Å². The Morgan fingerprint density at radius 2 is 1.72 bits per heavy atom. The Hall–Kier alpha value is -3.20. The summed E-state index contributed by atoms with van der Waals surface area (Å²) in [6.45, 7) is 5.21. The van der Waals surface area contributed by atoms with Gasteiger partial charge in [0.05, 0.1) is 29.4 Å². The van der Waals surface area contributed by atoms with Crippen molar-refractivity contribution in [1.29, 1.82) is 0 Å². The molecule has 2 amide bonds. The molecular formula is C30H36ClN5O3. The average molecular weight is 550 g/mol. The number of hydrogen-bond donors (Lipinski definition) is 0. The van der Waals surface area contributed by atoms with Gasteiger partial charge in [0.25, 0.3) is 11.8 Å². The van der Waals surface area contributed by atoms with E-state index in [4.69, 9.17) is 21.4 Å². The summed E-state index contributed by atoms with van der Waals surface area (Å²) >= 11 is 6.44. The van der Waals surface area contributed by atoms with Crippen molar-refractivity contribution >= 4 is 34.8 Å². The number of allylic oxidation sites excluding steroid dienone is 2. The first kappa shape index (κ1) is 27.4. The summed E-state index contributed by atoms with van der Waals surface area (Å²) in [5.74, 6) is 0.378. The molecule has 2 aliphatic heterocycles. The van der Waals surface area contributed by atoms with Crippen LogP contribution >= 0.6 is 11.6 Å². The van der Waals surface area contributed by atoms with E-state index < -0.39 is 0 Å². The molecule has 2 aromatic rings. The topological polar surface area (TPSA) is 68.7 Å². The predicted molar refractivity (Wildman–Crippen MR) is 155 cm³/mol. The SMILES string of the molecule is COc1ccc(C2=NN(c3ccc(C(=O)N4CCN(CCN(C)C)CC4)cc3)C(=O)[C@H]3CC=CC[C@@H]23)cc1Cl. The Morgan fingerprint density at radius 3 is 2.36 bits per heavy atom. The van der Waals surface area contributed by atoms with Crippen LogP contribution in [-0.4, -0.2) is 92.7 Å². The van der Waals surface area contributed by atoms with Gasteiger partial charge in [0.1, 0.15) is 5.75 Å². The number of methoxy groups -OCH3 is 1. The third kappa shape index (κ3) is 5.88. The minimum atomic E-state index is -0.200. The molecule has 0 aromatic heterocycles. The van der Waals surface area contributed by atoms with Gasteiger partial charge >= 0.3 is 0 Å². The lowest BCUT2D eigenvalue weighted by molar-refractivity contribution is -0.123. The van der Waals surface area contributed by atoms with Crippen LogP contribution in [0.2, 0.25) is 5.02 Å². The number of rotatable bonds is 7. The Kier molecular flexibility index (Phi) is 8.35. The molecule has 3 aliphatic rings. The van der Waals surface area contributed by atoms with E-state index in [1.165, 1.54) is 5.01 Å². The molecule has 5 rings (SSSR count). The first-order chi connectivity index (χ1) is 18.9. The highest BCUT2D eigenvalue weighted by molar-refractivity contribution is 6.32. The zero-order valence-corrected chi connectivity index (χ0v) is 23.6. The maximum atomic E-state index is 13.6. The summed E-state index contributed by atoms with van der Waals surface area (Å²) < 4.78 is 5.32. The fraction of sp³-hybridized carbons (Fsp3) is 0.433. The summed E-state index contributed by atoms with van der Waals surface area (Å²) in [5.41, 5.74) is 2.98. The Balaban J connectivity index is 1.34. The number of piperazine rings is 1. The Bertz CT molecular complexity index is 1270. The number of hydrazone groups is 1. The molecule has 2 atom stereocenters.